The number of guanidine groups is 2. The summed E-state index contributed by atoms with van der Waals surface area (Å²) < 4.78 is 0. The van der Waals surface area contributed by atoms with Gasteiger partial charge in [-0.3, -0.25) is 15.3 Å². The fraction of sp³-hybridized carbons (Fsp3) is 0.702. The first-order valence-electron chi connectivity index (χ1n) is 22.4. The van der Waals surface area contributed by atoms with Crippen LogP contribution in [0.15, 0.2) is 59.6 Å². The SMILES string of the molecule is CC(C)Cc1ccc(C(C)CN2C(=N)N([C@H](CC3CCCCC3)CN3CCCC3CN3C(N)=NC[C@@H]3Cc3ccccc3)C[C@@H]2CC2CCCCC2)cc1. The zero-order valence-electron chi connectivity index (χ0n) is 34.2. The summed E-state index contributed by atoms with van der Waals surface area (Å²) in [5, 5.41) is 9.98. The number of likely N-dealkylation sites (tertiary alicyclic amines) is 1. The molecule has 7 heteroatoms. The maximum Gasteiger partial charge on any atom is 0.194 e. The molecular formula is C47H73N7. The maximum absolute atomic E-state index is 9.98. The lowest BCUT2D eigenvalue weighted by atomic mass is 9.83. The summed E-state index contributed by atoms with van der Waals surface area (Å²) in [7, 11) is 0. The second-order valence-corrected chi connectivity index (χ2v) is 18.6. The van der Waals surface area contributed by atoms with Gasteiger partial charge in [-0.25, -0.2) is 0 Å². The Morgan fingerprint density at radius 2 is 1.44 bits per heavy atom. The highest BCUT2D eigenvalue weighted by atomic mass is 15.5. The number of aliphatic imine (C=N–C) groups is 1. The Morgan fingerprint density at radius 1 is 0.741 bits per heavy atom. The van der Waals surface area contributed by atoms with Crippen LogP contribution in [0.5, 0.6) is 0 Å². The summed E-state index contributed by atoms with van der Waals surface area (Å²) in [6, 6.07) is 22.0. The minimum atomic E-state index is 0.335. The standard InChI is InChI=1S/C47H73N7/c1-35(2)26-40-21-23-41(24-22-40)36(3)31-53-45(29-39-18-11-6-12-19-39)34-54(47(53)49)44(28-38-16-9-5-10-17-38)32-51-25-13-20-42(51)33-52-43(30-50-46(52)48)27-37-14-7-4-8-15-37/h4,7-8,14-15,21-24,35-36,38-39,42-45,49H,5-6,9-13,16-20,25-34H2,1-3H3,(H2,48,50)/t36?,42?,43-,44+,45-/m0/s1. The second-order valence-electron chi connectivity index (χ2n) is 18.6. The summed E-state index contributed by atoms with van der Waals surface area (Å²) in [5.74, 6) is 4.20. The molecule has 0 spiro atoms. The van der Waals surface area contributed by atoms with Gasteiger partial charge in [-0.15, -0.1) is 0 Å². The van der Waals surface area contributed by atoms with Crippen molar-refractivity contribution in [2.45, 2.75) is 154 Å². The number of rotatable bonds is 16. The lowest BCUT2D eigenvalue weighted by Gasteiger charge is -2.39. The van der Waals surface area contributed by atoms with Crippen LogP contribution in [0.2, 0.25) is 0 Å². The van der Waals surface area contributed by atoms with Crippen LogP contribution in [-0.2, 0) is 12.8 Å². The smallest absolute Gasteiger partial charge is 0.194 e. The van der Waals surface area contributed by atoms with Crippen molar-refractivity contribution >= 4 is 11.9 Å². The van der Waals surface area contributed by atoms with E-state index in [1.54, 1.807) is 0 Å². The first-order chi connectivity index (χ1) is 26.3. The van der Waals surface area contributed by atoms with Crippen molar-refractivity contribution in [3.05, 3.63) is 71.3 Å². The van der Waals surface area contributed by atoms with Crippen LogP contribution >= 0.6 is 0 Å². The zero-order valence-corrected chi connectivity index (χ0v) is 34.2. The van der Waals surface area contributed by atoms with Crippen LogP contribution in [0.3, 0.4) is 0 Å². The fourth-order valence-corrected chi connectivity index (χ4v) is 11.0. The highest BCUT2D eigenvalue weighted by Gasteiger charge is 2.42. The maximum atomic E-state index is 9.98. The molecular weight excluding hydrogens is 663 g/mol. The van der Waals surface area contributed by atoms with Gasteiger partial charge in [0.25, 0.3) is 0 Å². The molecule has 5 aliphatic rings. The van der Waals surface area contributed by atoms with Gasteiger partial charge < -0.3 is 20.4 Å². The summed E-state index contributed by atoms with van der Waals surface area (Å²) >= 11 is 0. The van der Waals surface area contributed by atoms with E-state index in [0.717, 1.165) is 75.9 Å². The molecule has 7 rings (SSSR count). The molecule has 296 valence electrons. The van der Waals surface area contributed by atoms with Gasteiger partial charge in [-0.1, -0.05) is 140 Å². The Morgan fingerprint density at radius 3 is 2.15 bits per heavy atom. The van der Waals surface area contributed by atoms with Crippen LogP contribution in [0, 0.1) is 23.2 Å². The largest absolute Gasteiger partial charge is 0.370 e. The Bertz CT molecular complexity index is 1480. The number of hydrogen-bond acceptors (Lipinski definition) is 5. The van der Waals surface area contributed by atoms with E-state index in [2.05, 4.69) is 95.0 Å². The Hall–Kier alpha value is -3.06. The fourth-order valence-electron chi connectivity index (χ4n) is 11.0. The van der Waals surface area contributed by atoms with E-state index in [4.69, 9.17) is 10.7 Å². The molecule has 2 aromatic rings. The van der Waals surface area contributed by atoms with Gasteiger partial charge in [0.15, 0.2) is 11.9 Å². The molecule has 0 aromatic heterocycles. The van der Waals surface area contributed by atoms with Gasteiger partial charge in [0.1, 0.15) is 0 Å². The molecule has 0 bridgehead atoms. The molecule has 3 N–H and O–H groups in total. The Labute approximate surface area is 328 Å². The second kappa shape index (κ2) is 18.7. The topological polar surface area (TPSA) is 75.2 Å². The average Bonchev–Trinajstić information content (AvgIpc) is 3.86. The van der Waals surface area contributed by atoms with Crippen LogP contribution < -0.4 is 5.73 Å². The van der Waals surface area contributed by atoms with E-state index in [1.165, 1.54) is 107 Å². The number of hydrogen-bond donors (Lipinski definition) is 2. The number of nitrogens with zero attached hydrogens (tertiary/aromatic N) is 5. The lowest BCUT2D eigenvalue weighted by molar-refractivity contribution is 0.137. The average molecular weight is 736 g/mol. The van der Waals surface area contributed by atoms with E-state index in [0.29, 0.717) is 36.0 Å². The van der Waals surface area contributed by atoms with Crippen LogP contribution in [0.25, 0.3) is 0 Å². The van der Waals surface area contributed by atoms with Gasteiger partial charge in [0, 0.05) is 44.3 Å². The molecule has 2 aromatic carbocycles. The monoisotopic (exact) mass is 736 g/mol. The van der Waals surface area contributed by atoms with Gasteiger partial charge in [-0.05, 0) is 85.4 Å². The molecule has 2 saturated heterocycles. The van der Waals surface area contributed by atoms with Crippen molar-refractivity contribution < 1.29 is 0 Å². The number of nitrogens with one attached hydrogen (secondary N) is 1. The van der Waals surface area contributed by atoms with Crippen molar-refractivity contribution in [1.29, 1.82) is 5.41 Å². The molecule has 0 radical (unpaired) electrons. The molecule has 4 fully saturated rings. The van der Waals surface area contributed by atoms with Gasteiger partial charge >= 0.3 is 0 Å². The van der Waals surface area contributed by atoms with E-state index in [-0.39, 0.29) is 0 Å². The lowest BCUT2D eigenvalue weighted by Crippen LogP contribution is -2.52. The summed E-state index contributed by atoms with van der Waals surface area (Å²) in [4.78, 5) is 15.2. The predicted molar refractivity (Wildman–Crippen MR) is 226 cm³/mol. The van der Waals surface area contributed by atoms with Gasteiger partial charge in [0.2, 0.25) is 0 Å². The summed E-state index contributed by atoms with van der Waals surface area (Å²) in [6.07, 6.45) is 20.9. The minimum absolute atomic E-state index is 0.335. The quantitative estimate of drug-likeness (QED) is 0.180. The third-order valence-corrected chi connectivity index (χ3v) is 14.0. The van der Waals surface area contributed by atoms with Crippen LogP contribution in [0.4, 0.5) is 0 Å². The molecule has 2 aliphatic carbocycles. The third-order valence-electron chi connectivity index (χ3n) is 14.0. The zero-order chi connectivity index (χ0) is 37.4. The highest BCUT2D eigenvalue weighted by Crippen LogP contribution is 2.36. The van der Waals surface area contributed by atoms with E-state index < -0.39 is 0 Å². The number of nitrogens with two attached hydrogens (primary N) is 1. The van der Waals surface area contributed by atoms with E-state index in [9.17, 15) is 5.41 Å². The molecule has 3 aliphatic heterocycles. The Balaban J connectivity index is 1.08. The summed E-state index contributed by atoms with van der Waals surface area (Å²) in [6.45, 7) is 12.9. The first-order valence-corrected chi connectivity index (χ1v) is 22.4. The van der Waals surface area contributed by atoms with Gasteiger partial charge in [-0.2, -0.15) is 0 Å². The highest BCUT2D eigenvalue weighted by molar-refractivity contribution is 5.80. The predicted octanol–water partition coefficient (Wildman–Crippen LogP) is 8.92. The molecule has 2 saturated carbocycles. The van der Waals surface area contributed by atoms with Crippen molar-refractivity contribution in [2.75, 3.05) is 39.3 Å². The van der Waals surface area contributed by atoms with Crippen molar-refractivity contribution in [3.63, 3.8) is 0 Å². The van der Waals surface area contributed by atoms with Gasteiger partial charge in [0.05, 0.1) is 12.6 Å². The Kier molecular flexibility index (Phi) is 13.6. The van der Waals surface area contributed by atoms with Crippen molar-refractivity contribution in [2.24, 2.45) is 28.5 Å². The number of benzene rings is 2. The van der Waals surface area contributed by atoms with Crippen LogP contribution in [0.1, 0.15) is 133 Å². The first kappa shape index (κ1) is 39.2. The molecule has 2 unspecified atom stereocenters. The van der Waals surface area contributed by atoms with Crippen LogP contribution in [-0.4, -0.2) is 95.0 Å². The molecule has 3 heterocycles. The van der Waals surface area contributed by atoms with E-state index in [1.807, 2.05) is 0 Å². The summed E-state index contributed by atoms with van der Waals surface area (Å²) in [5.41, 5.74) is 10.8. The minimum Gasteiger partial charge on any atom is -0.370 e. The van der Waals surface area contributed by atoms with Crippen molar-refractivity contribution in [1.82, 2.24) is 19.6 Å². The molecule has 0 amide bonds. The molecule has 5 atom stereocenters. The molecule has 7 nitrogen and oxygen atoms in total. The van der Waals surface area contributed by atoms with E-state index >= 15 is 0 Å². The third kappa shape index (κ3) is 10.0. The van der Waals surface area contributed by atoms with Crippen molar-refractivity contribution in [3.8, 4) is 0 Å². The molecule has 54 heavy (non-hydrogen) atoms. The normalized spacial score (nSPS) is 25.9.